The van der Waals surface area contributed by atoms with Gasteiger partial charge < -0.3 is 48.7 Å². The number of esters is 3. The fourth-order valence-corrected chi connectivity index (χ4v) is 10.1. The molecule has 1 saturated heterocycles. The smallest absolute Gasteiger partial charge is 0.411 e. The Kier molecular flexibility index (Phi) is 11.2. The molecule has 374 valence electrons. The number of Topliss-reactive ketones (excluding diaryl/α,β-unsaturated/α-hetero) is 1. The number of fused-ring (bicyclic) bond motifs is 5. The SMILES string of the molecule is [2H]C([2H])([2H])C(OC(=O)N[C@@H](c1ccccc1)[C@@H](O)C(=O)O[C@H]1C[C@@]2(O)[C@@H](OC(=O)c3ccccc3)[C@@H]3[C@]4(OC(C)=O)CO[C@@H]4C[C@H](OCC(F)(F)F)[C@@]3(C)C(=O)[C@H](OCC(F)(F)F)C(=C1C)C2(C)C)(C([2H])([2H])[2H])C([2H])([2H])[2H]. The molecule has 0 radical (unpaired) electrons. The maximum atomic E-state index is 15.8. The van der Waals surface area contributed by atoms with Crippen molar-refractivity contribution in [3.05, 3.63) is 82.9 Å². The third kappa shape index (κ3) is 10.1. The second-order valence-electron chi connectivity index (χ2n) is 17.9. The molecule has 2 aromatic carbocycles. The molecule has 6 rings (SSSR count). The number of alkyl carbamates (subject to hydrolysis) is 1. The van der Waals surface area contributed by atoms with Gasteiger partial charge in [-0.2, -0.15) is 26.3 Å². The number of nitrogens with one attached hydrogen (secondary N) is 1. The van der Waals surface area contributed by atoms with E-state index < -0.39 is 177 Å². The Morgan fingerprint density at radius 2 is 1.50 bits per heavy atom. The zero-order valence-electron chi connectivity index (χ0n) is 46.0. The third-order valence-electron chi connectivity index (χ3n) is 13.2. The standard InChI is InChI=1S/C47H55F6NO14/c1-24-28(65-39(59)33(56)32(26-15-11-9-12-16-26)54-40(60)68-41(3,4)5)20-45(61)37(66-38(58)27-17-13-10-14-18-27)35-43(8,36(57)34(31(24)42(45,6)7)64-23-47(51,52)53)29(63-22-46(48,49)50)19-30-44(35,21-62-30)67-25(2)55/h9-18,28-30,32-35,37,56,61H,19-23H2,1-8H3,(H,54,60)/t28-,29-,30+,32-,33+,34+,35-,37-,43+,44-,45+/m0/s1/i3D3,4D3,5D3. The molecule has 0 unspecified atom stereocenters. The Hall–Kier alpha value is -5.09. The van der Waals surface area contributed by atoms with Crippen molar-refractivity contribution in [2.75, 3.05) is 19.8 Å². The van der Waals surface area contributed by atoms with Crippen LogP contribution in [0, 0.1) is 16.7 Å². The van der Waals surface area contributed by atoms with Gasteiger partial charge >= 0.3 is 36.4 Å². The van der Waals surface area contributed by atoms with Gasteiger partial charge in [0.2, 0.25) is 0 Å². The summed E-state index contributed by atoms with van der Waals surface area (Å²) in [6, 6.07) is 11.0. The number of rotatable bonds is 12. The summed E-state index contributed by atoms with van der Waals surface area (Å²) < 4.78 is 195. The van der Waals surface area contributed by atoms with Crippen LogP contribution >= 0.6 is 0 Å². The number of hydrogen-bond donors (Lipinski definition) is 3. The molecule has 3 fully saturated rings. The first-order valence-electron chi connectivity index (χ1n) is 25.5. The molecule has 4 aliphatic rings. The first-order chi connectivity index (χ1) is 35.1. The van der Waals surface area contributed by atoms with Crippen LogP contribution in [0.1, 0.15) is 102 Å². The van der Waals surface area contributed by atoms with Crippen LogP contribution in [0.3, 0.4) is 0 Å². The summed E-state index contributed by atoms with van der Waals surface area (Å²) in [5.74, 6) is -7.76. The summed E-state index contributed by atoms with van der Waals surface area (Å²) >= 11 is 0. The maximum absolute atomic E-state index is 15.8. The summed E-state index contributed by atoms with van der Waals surface area (Å²) in [5, 5.41) is 27.5. The molecule has 21 heteroatoms. The van der Waals surface area contributed by atoms with E-state index in [1.54, 1.807) is 0 Å². The van der Waals surface area contributed by atoms with E-state index in [9.17, 15) is 55.7 Å². The predicted octanol–water partition coefficient (Wildman–Crippen LogP) is 6.43. The van der Waals surface area contributed by atoms with Gasteiger partial charge in [0, 0.05) is 37.5 Å². The highest BCUT2D eigenvalue weighted by molar-refractivity contribution is 5.94. The van der Waals surface area contributed by atoms with Gasteiger partial charge in [-0.25, -0.2) is 14.4 Å². The van der Waals surface area contributed by atoms with Gasteiger partial charge in [0.15, 0.2) is 17.5 Å². The van der Waals surface area contributed by atoms with Gasteiger partial charge in [-0.15, -0.1) is 0 Å². The fraction of sp³-hybridized carbons (Fsp3) is 0.596. The molecule has 0 aromatic heterocycles. The van der Waals surface area contributed by atoms with Gasteiger partial charge in [0.05, 0.1) is 35.6 Å². The lowest BCUT2D eigenvalue weighted by Gasteiger charge is -2.68. The fourth-order valence-electron chi connectivity index (χ4n) is 10.1. The Morgan fingerprint density at radius 1 is 0.912 bits per heavy atom. The van der Waals surface area contributed by atoms with Crippen LogP contribution < -0.4 is 5.32 Å². The monoisotopic (exact) mass is 980 g/mol. The van der Waals surface area contributed by atoms with Crippen LogP contribution in [0.15, 0.2) is 71.8 Å². The molecule has 1 aliphatic heterocycles. The minimum atomic E-state index is -5.24. The summed E-state index contributed by atoms with van der Waals surface area (Å²) in [6.07, 6.45) is -27.4. The molecule has 3 N–H and O–H groups in total. The highest BCUT2D eigenvalue weighted by Crippen LogP contribution is 2.65. The van der Waals surface area contributed by atoms with Crippen LogP contribution in [0.25, 0.3) is 0 Å². The Bertz CT molecular complexity index is 2570. The molecule has 68 heavy (non-hydrogen) atoms. The van der Waals surface area contributed by atoms with Gasteiger partial charge in [0.1, 0.15) is 48.8 Å². The van der Waals surface area contributed by atoms with Crippen LogP contribution in [0.2, 0.25) is 0 Å². The highest BCUT2D eigenvalue weighted by Gasteiger charge is 2.78. The highest BCUT2D eigenvalue weighted by atomic mass is 19.4. The number of amides is 1. The number of aliphatic hydroxyl groups is 2. The minimum absolute atomic E-state index is 0.223. The van der Waals surface area contributed by atoms with Gasteiger partial charge in [-0.1, -0.05) is 62.4 Å². The van der Waals surface area contributed by atoms with Crippen molar-refractivity contribution in [1.29, 1.82) is 0 Å². The number of aliphatic hydroxyl groups excluding tert-OH is 1. The van der Waals surface area contributed by atoms with E-state index in [-0.39, 0.29) is 16.7 Å². The minimum Gasteiger partial charge on any atom is -0.456 e. The van der Waals surface area contributed by atoms with Crippen molar-refractivity contribution in [3.8, 4) is 0 Å². The van der Waals surface area contributed by atoms with E-state index in [1.807, 2.05) is 5.32 Å². The summed E-state index contributed by atoms with van der Waals surface area (Å²) in [5.41, 5.74) is -15.8. The lowest BCUT2D eigenvalue weighted by atomic mass is 9.44. The number of hydrogen-bond acceptors (Lipinski definition) is 14. The number of carbonyl (C=O) groups is 5. The van der Waals surface area contributed by atoms with Crippen LogP contribution in [0.4, 0.5) is 31.1 Å². The maximum Gasteiger partial charge on any atom is 0.411 e. The molecule has 3 aliphatic carbocycles. The number of halogens is 6. The van der Waals surface area contributed by atoms with E-state index in [2.05, 4.69) is 0 Å². The molecule has 2 aromatic rings. The second-order valence-corrected chi connectivity index (χ2v) is 17.9. The molecular weight excluding hydrogens is 916 g/mol. The first kappa shape index (κ1) is 40.8. The number of carbonyl (C=O) groups excluding carboxylic acids is 5. The molecule has 2 saturated carbocycles. The largest absolute Gasteiger partial charge is 0.456 e. The Morgan fingerprint density at radius 3 is 2.04 bits per heavy atom. The number of ether oxygens (including phenoxy) is 7. The molecule has 1 heterocycles. The van der Waals surface area contributed by atoms with E-state index in [4.69, 9.17) is 45.5 Å². The number of ketones is 1. The summed E-state index contributed by atoms with van der Waals surface area (Å²) in [6.45, 7) is -11.8. The quantitative estimate of drug-likeness (QED) is 0.0909. The van der Waals surface area contributed by atoms with Crippen LogP contribution in [-0.4, -0.2) is 126 Å². The molecule has 11 atom stereocenters. The van der Waals surface area contributed by atoms with E-state index in [0.29, 0.717) is 0 Å². The van der Waals surface area contributed by atoms with Crippen LogP contribution in [0.5, 0.6) is 0 Å². The van der Waals surface area contributed by atoms with Gasteiger partial charge in [0.25, 0.3) is 0 Å². The normalized spacial score (nSPS) is 33.5. The zero-order chi connectivity index (χ0) is 58.1. The number of benzene rings is 2. The van der Waals surface area contributed by atoms with E-state index in [0.717, 1.165) is 20.8 Å². The summed E-state index contributed by atoms with van der Waals surface area (Å²) in [4.78, 5) is 71.5. The molecular formula is C47H55F6NO14. The average Bonchev–Trinajstić information content (AvgIpc) is 3.29. The average molecular weight is 981 g/mol. The number of alkyl halides is 6. The topological polar surface area (TPSA) is 202 Å². The third-order valence-corrected chi connectivity index (χ3v) is 13.2. The molecule has 15 nitrogen and oxygen atoms in total. The lowest BCUT2D eigenvalue weighted by molar-refractivity contribution is -0.352. The van der Waals surface area contributed by atoms with Gasteiger partial charge in [-0.05, 0) is 63.2 Å². The molecule has 1 amide bonds. The second kappa shape index (κ2) is 18.7. The molecule has 0 spiro atoms. The Labute approximate surface area is 400 Å². The van der Waals surface area contributed by atoms with Gasteiger partial charge in [-0.3, -0.25) is 9.59 Å². The van der Waals surface area contributed by atoms with E-state index >= 15 is 4.79 Å². The lowest BCUT2D eigenvalue weighted by Crippen LogP contribution is -2.82. The van der Waals surface area contributed by atoms with Crippen molar-refractivity contribution in [3.63, 3.8) is 0 Å². The first-order valence-corrected chi connectivity index (χ1v) is 21.0. The van der Waals surface area contributed by atoms with Crippen LogP contribution in [-0.2, 0) is 47.5 Å². The van der Waals surface area contributed by atoms with Crippen molar-refractivity contribution in [2.45, 2.75) is 140 Å². The summed E-state index contributed by atoms with van der Waals surface area (Å²) in [7, 11) is 0. The predicted molar refractivity (Wildman–Crippen MR) is 223 cm³/mol. The zero-order valence-corrected chi connectivity index (χ0v) is 37.0. The van der Waals surface area contributed by atoms with Crippen molar-refractivity contribution in [1.82, 2.24) is 5.32 Å². The van der Waals surface area contributed by atoms with Crippen molar-refractivity contribution >= 4 is 29.8 Å². The molecule has 2 bridgehead atoms. The van der Waals surface area contributed by atoms with Crippen molar-refractivity contribution in [2.24, 2.45) is 16.7 Å². The van der Waals surface area contributed by atoms with E-state index in [1.165, 1.54) is 74.5 Å². The van der Waals surface area contributed by atoms with Crippen molar-refractivity contribution < 1.29 is 106 Å². The Balaban J connectivity index is 1.57.